The van der Waals surface area contributed by atoms with Crippen LogP contribution in [0, 0.1) is 0 Å². The number of aromatic amines is 1. The van der Waals surface area contributed by atoms with Crippen LogP contribution in [0.2, 0.25) is 0 Å². The lowest BCUT2D eigenvalue weighted by Gasteiger charge is -2.05. The SMILES string of the molecule is O=C(c1ccccc1)c1ccc(NC(=O)c2cnc[nH]2)cc1. The molecule has 2 aromatic carbocycles. The van der Waals surface area contributed by atoms with Crippen molar-refractivity contribution >= 4 is 17.4 Å². The Kier molecular flexibility index (Phi) is 3.78. The molecule has 0 aliphatic heterocycles. The fourth-order valence-corrected chi connectivity index (χ4v) is 2.04. The first-order valence-electron chi connectivity index (χ1n) is 6.73. The summed E-state index contributed by atoms with van der Waals surface area (Å²) in [5, 5.41) is 2.73. The number of H-pyrrole nitrogens is 1. The smallest absolute Gasteiger partial charge is 0.273 e. The molecule has 5 nitrogen and oxygen atoms in total. The van der Waals surface area contributed by atoms with E-state index in [1.54, 1.807) is 36.4 Å². The summed E-state index contributed by atoms with van der Waals surface area (Å²) in [4.78, 5) is 30.7. The molecule has 0 aliphatic rings. The molecule has 0 spiro atoms. The Labute approximate surface area is 127 Å². The predicted molar refractivity (Wildman–Crippen MR) is 82.9 cm³/mol. The van der Waals surface area contributed by atoms with Crippen molar-refractivity contribution < 1.29 is 9.59 Å². The maximum absolute atomic E-state index is 12.3. The van der Waals surface area contributed by atoms with Gasteiger partial charge < -0.3 is 10.3 Å². The average molecular weight is 291 g/mol. The molecule has 1 amide bonds. The topological polar surface area (TPSA) is 74.8 Å². The summed E-state index contributed by atoms with van der Waals surface area (Å²) < 4.78 is 0. The Hall–Kier alpha value is -3.21. The second-order valence-corrected chi connectivity index (χ2v) is 4.69. The minimum atomic E-state index is -0.278. The quantitative estimate of drug-likeness (QED) is 0.726. The van der Waals surface area contributed by atoms with Gasteiger partial charge in [-0.1, -0.05) is 30.3 Å². The molecule has 0 saturated heterocycles. The van der Waals surface area contributed by atoms with E-state index >= 15 is 0 Å². The molecule has 1 aromatic heterocycles. The molecule has 0 saturated carbocycles. The second-order valence-electron chi connectivity index (χ2n) is 4.69. The van der Waals surface area contributed by atoms with Gasteiger partial charge in [0, 0.05) is 16.8 Å². The third-order valence-electron chi connectivity index (χ3n) is 3.18. The zero-order chi connectivity index (χ0) is 15.4. The van der Waals surface area contributed by atoms with Crippen molar-refractivity contribution in [2.24, 2.45) is 0 Å². The van der Waals surface area contributed by atoms with E-state index in [0.29, 0.717) is 22.5 Å². The van der Waals surface area contributed by atoms with Gasteiger partial charge in [0.25, 0.3) is 5.91 Å². The van der Waals surface area contributed by atoms with Crippen molar-refractivity contribution in [2.75, 3.05) is 5.32 Å². The molecule has 5 heteroatoms. The number of imidazole rings is 1. The van der Waals surface area contributed by atoms with E-state index in [1.807, 2.05) is 18.2 Å². The van der Waals surface area contributed by atoms with E-state index in [2.05, 4.69) is 15.3 Å². The molecule has 0 bridgehead atoms. The largest absolute Gasteiger partial charge is 0.341 e. The van der Waals surface area contributed by atoms with Gasteiger partial charge in [0.1, 0.15) is 5.69 Å². The number of hydrogen-bond donors (Lipinski definition) is 2. The fraction of sp³-hybridized carbons (Fsp3) is 0. The highest BCUT2D eigenvalue weighted by Gasteiger charge is 2.10. The number of benzene rings is 2. The lowest BCUT2D eigenvalue weighted by atomic mass is 10.0. The van der Waals surface area contributed by atoms with Gasteiger partial charge in [-0.25, -0.2) is 4.98 Å². The summed E-state index contributed by atoms with van der Waals surface area (Å²) in [5.41, 5.74) is 2.20. The molecule has 0 radical (unpaired) electrons. The molecular weight excluding hydrogens is 278 g/mol. The summed E-state index contributed by atoms with van der Waals surface area (Å²) >= 11 is 0. The van der Waals surface area contributed by atoms with Gasteiger partial charge in [-0.15, -0.1) is 0 Å². The number of carbonyl (C=O) groups is 2. The summed E-state index contributed by atoms with van der Waals surface area (Å²) in [6.45, 7) is 0. The number of ketones is 1. The van der Waals surface area contributed by atoms with Crippen LogP contribution >= 0.6 is 0 Å². The number of aromatic nitrogens is 2. The first kappa shape index (κ1) is 13.8. The van der Waals surface area contributed by atoms with Crippen molar-refractivity contribution in [3.05, 3.63) is 83.9 Å². The molecule has 1 heterocycles. The Morgan fingerprint density at radius 2 is 1.59 bits per heavy atom. The summed E-state index contributed by atoms with van der Waals surface area (Å²) in [6, 6.07) is 15.8. The van der Waals surface area contributed by atoms with E-state index in [0.717, 1.165) is 0 Å². The molecule has 0 aliphatic carbocycles. The minimum absolute atomic E-state index is 0.0490. The highest BCUT2D eigenvalue weighted by Crippen LogP contribution is 2.14. The van der Waals surface area contributed by atoms with Crippen LogP contribution in [0.25, 0.3) is 0 Å². The van der Waals surface area contributed by atoms with Crippen molar-refractivity contribution in [3.8, 4) is 0 Å². The zero-order valence-corrected chi connectivity index (χ0v) is 11.6. The van der Waals surface area contributed by atoms with E-state index in [-0.39, 0.29) is 11.7 Å². The molecule has 22 heavy (non-hydrogen) atoms. The third kappa shape index (κ3) is 2.93. The first-order valence-corrected chi connectivity index (χ1v) is 6.73. The number of rotatable bonds is 4. The molecule has 0 atom stereocenters. The van der Waals surface area contributed by atoms with Crippen LogP contribution in [0.3, 0.4) is 0 Å². The Morgan fingerprint density at radius 3 is 2.23 bits per heavy atom. The van der Waals surface area contributed by atoms with Crippen LogP contribution in [-0.4, -0.2) is 21.7 Å². The van der Waals surface area contributed by atoms with Crippen molar-refractivity contribution in [3.63, 3.8) is 0 Å². The number of anilines is 1. The van der Waals surface area contributed by atoms with Gasteiger partial charge in [0.15, 0.2) is 5.78 Å². The monoisotopic (exact) mass is 291 g/mol. The van der Waals surface area contributed by atoms with Crippen LogP contribution in [0.1, 0.15) is 26.4 Å². The van der Waals surface area contributed by atoms with E-state index in [9.17, 15) is 9.59 Å². The van der Waals surface area contributed by atoms with Gasteiger partial charge in [-0.2, -0.15) is 0 Å². The predicted octanol–water partition coefficient (Wildman–Crippen LogP) is 2.89. The molecule has 3 aromatic rings. The lowest BCUT2D eigenvalue weighted by molar-refractivity contribution is 0.102. The first-order chi connectivity index (χ1) is 10.7. The van der Waals surface area contributed by atoms with Crippen molar-refractivity contribution in [2.45, 2.75) is 0 Å². The second kappa shape index (κ2) is 6.05. The molecule has 2 N–H and O–H groups in total. The van der Waals surface area contributed by atoms with Crippen LogP contribution in [0.15, 0.2) is 67.1 Å². The Bertz CT molecular complexity index is 779. The number of nitrogens with zero attached hydrogens (tertiary/aromatic N) is 1. The van der Waals surface area contributed by atoms with Gasteiger partial charge in [-0.3, -0.25) is 9.59 Å². The number of carbonyl (C=O) groups excluding carboxylic acids is 2. The van der Waals surface area contributed by atoms with Gasteiger partial charge in [0.2, 0.25) is 0 Å². The highest BCUT2D eigenvalue weighted by molar-refractivity contribution is 6.09. The lowest BCUT2D eigenvalue weighted by Crippen LogP contribution is -2.12. The van der Waals surface area contributed by atoms with E-state index in [1.165, 1.54) is 12.5 Å². The maximum atomic E-state index is 12.3. The van der Waals surface area contributed by atoms with Crippen molar-refractivity contribution in [1.29, 1.82) is 0 Å². The van der Waals surface area contributed by atoms with Crippen molar-refractivity contribution in [1.82, 2.24) is 9.97 Å². The van der Waals surface area contributed by atoms with Crippen LogP contribution in [-0.2, 0) is 0 Å². The normalized spacial score (nSPS) is 10.2. The molecule has 108 valence electrons. The third-order valence-corrected chi connectivity index (χ3v) is 3.18. The Balaban J connectivity index is 1.73. The van der Waals surface area contributed by atoms with Crippen LogP contribution in [0.4, 0.5) is 5.69 Å². The van der Waals surface area contributed by atoms with E-state index < -0.39 is 0 Å². The summed E-state index contributed by atoms with van der Waals surface area (Å²) in [6.07, 6.45) is 2.89. The van der Waals surface area contributed by atoms with Gasteiger partial charge in [0.05, 0.1) is 12.5 Å². The highest BCUT2D eigenvalue weighted by atomic mass is 16.2. The number of amides is 1. The van der Waals surface area contributed by atoms with E-state index in [4.69, 9.17) is 0 Å². The number of hydrogen-bond acceptors (Lipinski definition) is 3. The standard InChI is InChI=1S/C17H13N3O2/c21-16(12-4-2-1-3-5-12)13-6-8-14(9-7-13)20-17(22)15-10-18-11-19-15/h1-11H,(H,18,19)(H,20,22). The minimum Gasteiger partial charge on any atom is -0.341 e. The summed E-state index contributed by atoms with van der Waals surface area (Å²) in [7, 11) is 0. The van der Waals surface area contributed by atoms with Gasteiger partial charge in [-0.05, 0) is 24.3 Å². The van der Waals surface area contributed by atoms with Crippen LogP contribution < -0.4 is 5.32 Å². The average Bonchev–Trinajstić information content (AvgIpc) is 3.10. The molecular formula is C17H13N3O2. The zero-order valence-electron chi connectivity index (χ0n) is 11.6. The number of nitrogens with one attached hydrogen (secondary N) is 2. The molecule has 3 rings (SSSR count). The summed E-state index contributed by atoms with van der Waals surface area (Å²) in [5.74, 6) is -0.327. The Morgan fingerprint density at radius 1 is 0.909 bits per heavy atom. The maximum Gasteiger partial charge on any atom is 0.273 e. The fourth-order valence-electron chi connectivity index (χ4n) is 2.04. The van der Waals surface area contributed by atoms with Gasteiger partial charge >= 0.3 is 0 Å². The molecule has 0 unspecified atom stereocenters. The van der Waals surface area contributed by atoms with Crippen LogP contribution in [0.5, 0.6) is 0 Å². The molecule has 0 fully saturated rings.